The highest BCUT2D eigenvalue weighted by atomic mass is 32.1. The Hall–Kier alpha value is -3.31. The summed E-state index contributed by atoms with van der Waals surface area (Å²) >= 11 is 1.71. The van der Waals surface area contributed by atoms with Gasteiger partial charge in [-0.15, -0.1) is 11.3 Å². The Bertz CT molecular complexity index is 1190. The number of hydrogen-bond acceptors (Lipinski definition) is 9. The van der Waals surface area contributed by atoms with Gasteiger partial charge in [-0.2, -0.15) is 0 Å². The third-order valence-electron chi connectivity index (χ3n) is 5.51. The van der Waals surface area contributed by atoms with E-state index in [0.717, 1.165) is 55.1 Å². The van der Waals surface area contributed by atoms with E-state index in [4.69, 9.17) is 15.9 Å². The maximum Gasteiger partial charge on any atom is 0.273 e. The number of H-pyrrole nitrogens is 1. The monoisotopic (exact) mass is 485 g/mol. The van der Waals surface area contributed by atoms with E-state index < -0.39 is 0 Å². The molecule has 3 heterocycles. The van der Waals surface area contributed by atoms with E-state index in [0.29, 0.717) is 30.2 Å². The fourth-order valence-electron chi connectivity index (χ4n) is 3.80. The van der Waals surface area contributed by atoms with Crippen LogP contribution in [-0.2, 0) is 22.4 Å². The van der Waals surface area contributed by atoms with Crippen molar-refractivity contribution in [2.45, 2.75) is 39.0 Å². The number of nitrogen functional groups attached to an aromatic ring is 1. The van der Waals surface area contributed by atoms with Gasteiger partial charge < -0.3 is 31.1 Å². The number of anilines is 3. The third kappa shape index (κ3) is 5.97. The molecule has 0 aliphatic heterocycles. The lowest BCUT2D eigenvalue weighted by Gasteiger charge is -2.14. The second-order valence-corrected chi connectivity index (χ2v) is 8.98. The minimum Gasteiger partial charge on any atom is -0.385 e. The smallest absolute Gasteiger partial charge is 0.273 e. The first-order valence-corrected chi connectivity index (χ1v) is 12.1. The van der Waals surface area contributed by atoms with Crippen molar-refractivity contribution < 1.29 is 9.53 Å². The Kier molecular flexibility index (Phi) is 9.11. The highest BCUT2D eigenvalue weighted by Crippen LogP contribution is 2.38. The molecule has 0 fully saturated rings. The summed E-state index contributed by atoms with van der Waals surface area (Å²) in [6.07, 6.45) is 8.94. The van der Waals surface area contributed by atoms with Crippen LogP contribution in [0.25, 0.3) is 10.2 Å². The molecule has 0 spiro atoms. The Morgan fingerprint density at radius 1 is 1.32 bits per heavy atom. The Balaban J connectivity index is 0.000000277. The van der Waals surface area contributed by atoms with Crippen LogP contribution < -0.4 is 16.6 Å². The Labute approximate surface area is 202 Å². The van der Waals surface area contributed by atoms with Crippen molar-refractivity contribution in [1.82, 2.24) is 19.9 Å². The van der Waals surface area contributed by atoms with E-state index in [1.807, 2.05) is 6.92 Å². The number of pyridine rings is 1. The SMILES string of the molecule is CCCN(C=O)CCOC.N=Cc1cc(Nc2ncnc3sc4c(c23)CCCC4)c(=O)[nH]c1N. The second kappa shape index (κ2) is 12.2. The molecule has 34 heavy (non-hydrogen) atoms. The number of aryl methyl sites for hydroxylation is 2. The highest BCUT2D eigenvalue weighted by Gasteiger charge is 2.20. The first-order chi connectivity index (χ1) is 16.5. The number of rotatable bonds is 9. The van der Waals surface area contributed by atoms with Crippen LogP contribution in [0.4, 0.5) is 17.3 Å². The maximum atomic E-state index is 12.2. The molecule has 0 unspecified atom stereocenters. The number of nitrogens with two attached hydrogens (primary N) is 1. The summed E-state index contributed by atoms with van der Waals surface area (Å²) in [4.78, 5) is 37.7. The van der Waals surface area contributed by atoms with Gasteiger partial charge in [-0.3, -0.25) is 9.59 Å². The van der Waals surface area contributed by atoms with Crippen molar-refractivity contribution >= 4 is 51.5 Å². The maximum absolute atomic E-state index is 12.2. The van der Waals surface area contributed by atoms with Crippen molar-refractivity contribution in [3.63, 3.8) is 0 Å². The fourth-order valence-corrected chi connectivity index (χ4v) is 5.03. The number of carbonyl (C=O) groups is 1. The van der Waals surface area contributed by atoms with E-state index in [2.05, 4.69) is 20.3 Å². The number of hydrogen-bond donors (Lipinski definition) is 4. The molecule has 0 aromatic carbocycles. The summed E-state index contributed by atoms with van der Waals surface area (Å²) in [6.45, 7) is 4.20. The number of amides is 1. The summed E-state index contributed by atoms with van der Waals surface area (Å²) in [5, 5.41) is 11.5. The number of nitrogens with zero attached hydrogens (tertiary/aromatic N) is 3. The Morgan fingerprint density at radius 3 is 2.82 bits per heavy atom. The number of thiophene rings is 1. The van der Waals surface area contributed by atoms with Crippen molar-refractivity contribution in [3.05, 3.63) is 38.8 Å². The molecule has 0 radical (unpaired) electrons. The summed E-state index contributed by atoms with van der Waals surface area (Å²) in [5.41, 5.74) is 7.43. The van der Waals surface area contributed by atoms with Gasteiger partial charge in [0.25, 0.3) is 5.56 Å². The molecule has 3 aromatic rings. The summed E-state index contributed by atoms with van der Waals surface area (Å²) in [6, 6.07) is 1.56. The molecule has 11 heteroatoms. The van der Waals surface area contributed by atoms with E-state index in [1.165, 1.54) is 23.2 Å². The predicted octanol–water partition coefficient (Wildman–Crippen LogP) is 3.08. The number of nitrogens with one attached hydrogen (secondary N) is 3. The zero-order valence-electron chi connectivity index (χ0n) is 19.5. The van der Waals surface area contributed by atoms with Crippen molar-refractivity contribution in [1.29, 1.82) is 5.41 Å². The van der Waals surface area contributed by atoms with Crippen molar-refractivity contribution in [2.24, 2.45) is 0 Å². The van der Waals surface area contributed by atoms with E-state index in [9.17, 15) is 9.59 Å². The average Bonchev–Trinajstić information content (AvgIpc) is 3.23. The molecule has 0 saturated heterocycles. The first kappa shape index (κ1) is 25.3. The molecule has 0 saturated carbocycles. The summed E-state index contributed by atoms with van der Waals surface area (Å²) in [7, 11) is 1.63. The van der Waals surface area contributed by atoms with Crippen LogP contribution in [0.2, 0.25) is 0 Å². The average molecular weight is 486 g/mol. The number of aromatic amines is 1. The molecule has 0 bridgehead atoms. The fraction of sp³-hybridized carbons (Fsp3) is 0.435. The molecule has 182 valence electrons. The van der Waals surface area contributed by atoms with Crippen LogP contribution >= 0.6 is 11.3 Å². The molecule has 1 aliphatic carbocycles. The molecule has 10 nitrogen and oxygen atoms in total. The standard InChI is InChI=1S/C16H16N6OS.C7H15NO2/c17-6-8-5-10(15(23)22-13(8)18)21-14-12-9-3-1-2-4-11(9)24-16(12)20-7-19-14;1-3-4-8(7-9)5-6-10-2/h5-7,17H,1-4H2,(H3,18,22,23)(H,19,20,21);7H,3-6H2,1-2H3. The van der Waals surface area contributed by atoms with Gasteiger partial charge in [-0.1, -0.05) is 6.92 Å². The molecular weight excluding hydrogens is 454 g/mol. The minimum absolute atomic E-state index is 0.182. The topological polar surface area (TPSA) is 150 Å². The van der Waals surface area contributed by atoms with Crippen LogP contribution in [0.3, 0.4) is 0 Å². The first-order valence-electron chi connectivity index (χ1n) is 11.3. The molecule has 0 atom stereocenters. The molecule has 3 aromatic heterocycles. The Morgan fingerprint density at radius 2 is 2.12 bits per heavy atom. The molecular formula is C23H31N7O3S. The van der Waals surface area contributed by atoms with Gasteiger partial charge in [-0.25, -0.2) is 9.97 Å². The lowest BCUT2D eigenvalue weighted by Crippen LogP contribution is -2.26. The van der Waals surface area contributed by atoms with E-state index in [1.54, 1.807) is 29.4 Å². The van der Waals surface area contributed by atoms with Crippen LogP contribution in [-0.4, -0.2) is 59.3 Å². The second-order valence-electron chi connectivity index (χ2n) is 7.90. The largest absolute Gasteiger partial charge is 0.385 e. The van der Waals surface area contributed by atoms with Crippen LogP contribution in [0.5, 0.6) is 0 Å². The number of carbonyl (C=O) groups excluding carboxylic acids is 1. The third-order valence-corrected chi connectivity index (χ3v) is 6.71. The van der Waals surface area contributed by atoms with E-state index >= 15 is 0 Å². The van der Waals surface area contributed by atoms with E-state index in [-0.39, 0.29) is 11.4 Å². The van der Waals surface area contributed by atoms with Crippen LogP contribution in [0.1, 0.15) is 42.2 Å². The minimum atomic E-state index is -0.339. The van der Waals surface area contributed by atoms with Gasteiger partial charge in [0.05, 0.1) is 12.0 Å². The highest BCUT2D eigenvalue weighted by molar-refractivity contribution is 7.19. The number of ether oxygens (including phenoxy) is 1. The van der Waals surface area contributed by atoms with Crippen molar-refractivity contribution in [3.8, 4) is 0 Å². The van der Waals surface area contributed by atoms with Crippen molar-refractivity contribution in [2.75, 3.05) is 37.9 Å². The van der Waals surface area contributed by atoms with Gasteiger partial charge in [0.15, 0.2) is 0 Å². The predicted molar refractivity (Wildman–Crippen MR) is 137 cm³/mol. The zero-order valence-corrected chi connectivity index (χ0v) is 20.3. The van der Waals surface area contributed by atoms with Gasteiger partial charge in [-0.05, 0) is 43.7 Å². The van der Waals surface area contributed by atoms with Crippen LogP contribution in [0, 0.1) is 5.41 Å². The van der Waals surface area contributed by atoms with Crippen LogP contribution in [0.15, 0.2) is 17.2 Å². The lowest BCUT2D eigenvalue weighted by molar-refractivity contribution is -0.118. The van der Waals surface area contributed by atoms with Gasteiger partial charge in [0.2, 0.25) is 6.41 Å². The quantitative estimate of drug-likeness (QED) is 0.269. The summed E-state index contributed by atoms with van der Waals surface area (Å²) in [5.74, 6) is 0.812. The van der Waals surface area contributed by atoms with Gasteiger partial charge in [0, 0.05) is 36.9 Å². The number of fused-ring (bicyclic) bond motifs is 3. The number of aromatic nitrogens is 3. The molecule has 4 rings (SSSR count). The lowest BCUT2D eigenvalue weighted by atomic mass is 9.97. The van der Waals surface area contributed by atoms with Gasteiger partial charge >= 0.3 is 0 Å². The molecule has 5 N–H and O–H groups in total. The van der Waals surface area contributed by atoms with Gasteiger partial charge in [0.1, 0.15) is 28.5 Å². The normalized spacial score (nSPS) is 12.4. The summed E-state index contributed by atoms with van der Waals surface area (Å²) < 4.78 is 4.82. The zero-order chi connectivity index (χ0) is 24.5. The molecule has 1 aliphatic rings. The molecule has 1 amide bonds. The number of methoxy groups -OCH3 is 1.